The third-order valence-corrected chi connectivity index (χ3v) is 5.11. The van der Waals surface area contributed by atoms with Crippen molar-refractivity contribution in [3.05, 3.63) is 34.9 Å². The summed E-state index contributed by atoms with van der Waals surface area (Å²) in [5.74, 6) is 2.15. The van der Waals surface area contributed by atoms with Crippen LogP contribution in [0.2, 0.25) is 0 Å². The predicted octanol–water partition coefficient (Wildman–Crippen LogP) is 4.14. The van der Waals surface area contributed by atoms with Crippen molar-refractivity contribution in [1.29, 1.82) is 0 Å². The minimum Gasteiger partial charge on any atom is -0.309 e. The summed E-state index contributed by atoms with van der Waals surface area (Å²) in [6.07, 6.45) is 2.14. The quantitative estimate of drug-likeness (QED) is 0.743. The summed E-state index contributed by atoms with van der Waals surface area (Å²) < 4.78 is 12.3. The zero-order valence-corrected chi connectivity index (χ0v) is 15.1. The third-order valence-electron chi connectivity index (χ3n) is 3.72. The van der Waals surface area contributed by atoms with Crippen LogP contribution >= 0.6 is 0 Å². The van der Waals surface area contributed by atoms with Gasteiger partial charge in [-0.15, -0.1) is 0 Å². The van der Waals surface area contributed by atoms with Gasteiger partial charge in [0.15, 0.2) is 0 Å². The fourth-order valence-electron chi connectivity index (χ4n) is 2.43. The third kappa shape index (κ3) is 6.75. The molecule has 1 aromatic carbocycles. The first-order valence-electron chi connectivity index (χ1n) is 8.09. The van der Waals surface area contributed by atoms with E-state index < -0.39 is 10.8 Å². The molecule has 1 N–H and O–H groups in total. The number of rotatable bonds is 9. The molecular formula is C18H31NOS. The molecule has 0 aliphatic carbocycles. The Morgan fingerprint density at radius 3 is 2.52 bits per heavy atom. The first-order valence-corrected chi connectivity index (χ1v) is 9.58. The molecule has 0 fully saturated rings. The van der Waals surface area contributed by atoms with Gasteiger partial charge in [0.05, 0.1) is 0 Å². The minimum absolute atomic E-state index is 0.207. The van der Waals surface area contributed by atoms with Crippen LogP contribution in [0, 0.1) is 19.8 Å². The highest BCUT2D eigenvalue weighted by Crippen LogP contribution is 2.20. The highest BCUT2D eigenvalue weighted by Gasteiger charge is 2.16. The molecule has 0 aromatic heterocycles. The zero-order valence-electron chi connectivity index (χ0n) is 14.2. The van der Waals surface area contributed by atoms with Crippen LogP contribution in [0.3, 0.4) is 0 Å². The molecule has 21 heavy (non-hydrogen) atoms. The van der Waals surface area contributed by atoms with Gasteiger partial charge in [0.2, 0.25) is 0 Å². The Morgan fingerprint density at radius 1 is 1.24 bits per heavy atom. The number of hydrogen-bond donors (Lipinski definition) is 1. The van der Waals surface area contributed by atoms with Gasteiger partial charge < -0.3 is 5.32 Å². The van der Waals surface area contributed by atoms with Crippen LogP contribution in [0.4, 0.5) is 0 Å². The molecule has 120 valence electrons. The van der Waals surface area contributed by atoms with Crippen molar-refractivity contribution in [1.82, 2.24) is 5.32 Å². The molecule has 0 heterocycles. The van der Waals surface area contributed by atoms with E-state index in [9.17, 15) is 4.21 Å². The Bertz CT molecular complexity index is 457. The van der Waals surface area contributed by atoms with Gasteiger partial charge in [-0.05, 0) is 50.3 Å². The Hall–Kier alpha value is -0.670. The Labute approximate surface area is 133 Å². The van der Waals surface area contributed by atoms with Crippen molar-refractivity contribution >= 4 is 10.8 Å². The van der Waals surface area contributed by atoms with E-state index in [0.29, 0.717) is 5.92 Å². The Morgan fingerprint density at radius 2 is 1.95 bits per heavy atom. The molecule has 0 bridgehead atoms. The van der Waals surface area contributed by atoms with Gasteiger partial charge >= 0.3 is 0 Å². The van der Waals surface area contributed by atoms with Crippen LogP contribution < -0.4 is 5.32 Å². The van der Waals surface area contributed by atoms with E-state index in [4.69, 9.17) is 0 Å². The van der Waals surface area contributed by atoms with Crippen LogP contribution in [0.5, 0.6) is 0 Å². The van der Waals surface area contributed by atoms with Crippen LogP contribution in [0.15, 0.2) is 18.2 Å². The molecule has 0 amide bonds. The first kappa shape index (κ1) is 18.4. The molecule has 0 saturated carbocycles. The van der Waals surface area contributed by atoms with Crippen molar-refractivity contribution in [2.24, 2.45) is 5.92 Å². The molecule has 0 aliphatic heterocycles. The summed E-state index contributed by atoms with van der Waals surface area (Å²) in [5, 5.41) is 3.57. The molecule has 2 unspecified atom stereocenters. The van der Waals surface area contributed by atoms with Crippen molar-refractivity contribution < 1.29 is 4.21 Å². The summed E-state index contributed by atoms with van der Waals surface area (Å²) in [7, 11) is -0.751. The molecule has 1 aromatic rings. The van der Waals surface area contributed by atoms with Gasteiger partial charge in [-0.3, -0.25) is 4.21 Å². The lowest BCUT2D eigenvalue weighted by atomic mass is 10.00. The van der Waals surface area contributed by atoms with Crippen LogP contribution in [0.1, 0.15) is 56.3 Å². The highest BCUT2D eigenvalue weighted by atomic mass is 32.2. The smallest absolute Gasteiger partial charge is 0.0439 e. The standard InChI is InChI=1S/C18H31NOS/c1-6-10-19-18(13-21(20)11-9-14(2)3)17-8-7-15(4)12-16(17)5/h7-8,12,14,18-19H,6,9-11,13H2,1-5H3. The maximum Gasteiger partial charge on any atom is 0.0439 e. The number of hydrogen-bond acceptors (Lipinski definition) is 2. The van der Waals surface area contributed by atoms with Gasteiger partial charge in [-0.25, -0.2) is 0 Å². The van der Waals surface area contributed by atoms with Crippen molar-refractivity contribution in [2.75, 3.05) is 18.1 Å². The zero-order chi connectivity index (χ0) is 15.8. The summed E-state index contributed by atoms with van der Waals surface area (Å²) >= 11 is 0. The fourth-order valence-corrected chi connectivity index (χ4v) is 4.00. The maximum atomic E-state index is 12.3. The molecule has 1 rings (SSSR count). The number of aryl methyl sites for hydroxylation is 2. The van der Waals surface area contributed by atoms with Gasteiger partial charge in [-0.1, -0.05) is 44.5 Å². The van der Waals surface area contributed by atoms with Crippen molar-refractivity contribution in [2.45, 2.75) is 53.5 Å². The van der Waals surface area contributed by atoms with E-state index in [0.717, 1.165) is 30.9 Å². The van der Waals surface area contributed by atoms with Crippen molar-refractivity contribution in [3.8, 4) is 0 Å². The van der Waals surface area contributed by atoms with Crippen LogP contribution in [0.25, 0.3) is 0 Å². The molecule has 0 aliphatic rings. The largest absolute Gasteiger partial charge is 0.309 e. The van der Waals surface area contributed by atoms with E-state index in [2.05, 4.69) is 58.1 Å². The highest BCUT2D eigenvalue weighted by molar-refractivity contribution is 7.85. The summed E-state index contributed by atoms with van der Waals surface area (Å²) in [5.41, 5.74) is 3.88. The lowest BCUT2D eigenvalue weighted by molar-refractivity contribution is 0.564. The molecule has 2 nitrogen and oxygen atoms in total. The van der Waals surface area contributed by atoms with Gasteiger partial charge in [0.25, 0.3) is 0 Å². The first-order chi connectivity index (χ1) is 9.93. The summed E-state index contributed by atoms with van der Waals surface area (Å²) in [4.78, 5) is 0. The molecule has 3 heteroatoms. The Kier molecular flexibility index (Phi) is 8.20. The molecule has 2 atom stereocenters. The lowest BCUT2D eigenvalue weighted by Gasteiger charge is -2.21. The second kappa shape index (κ2) is 9.37. The summed E-state index contributed by atoms with van der Waals surface area (Å²) in [6.45, 7) is 11.8. The molecule has 0 spiro atoms. The second-order valence-electron chi connectivity index (χ2n) is 6.36. The molecular weight excluding hydrogens is 278 g/mol. The Balaban J connectivity index is 2.77. The van der Waals surface area contributed by atoms with Gasteiger partial charge in [-0.2, -0.15) is 0 Å². The average molecular weight is 310 g/mol. The topological polar surface area (TPSA) is 29.1 Å². The monoisotopic (exact) mass is 309 g/mol. The van der Waals surface area contributed by atoms with E-state index in [1.165, 1.54) is 16.7 Å². The normalized spacial score (nSPS) is 14.4. The number of nitrogens with one attached hydrogen (secondary N) is 1. The van der Waals surface area contributed by atoms with E-state index in [1.807, 2.05) is 0 Å². The van der Waals surface area contributed by atoms with Crippen molar-refractivity contribution in [3.63, 3.8) is 0 Å². The molecule has 0 radical (unpaired) electrons. The van der Waals surface area contributed by atoms with Crippen LogP contribution in [-0.4, -0.2) is 22.3 Å². The maximum absolute atomic E-state index is 12.3. The van der Waals surface area contributed by atoms with Crippen LogP contribution in [-0.2, 0) is 10.8 Å². The second-order valence-corrected chi connectivity index (χ2v) is 7.98. The van der Waals surface area contributed by atoms with E-state index in [-0.39, 0.29) is 6.04 Å². The minimum atomic E-state index is -0.751. The number of benzene rings is 1. The average Bonchev–Trinajstić information content (AvgIpc) is 2.41. The SMILES string of the molecule is CCCNC(CS(=O)CCC(C)C)c1ccc(C)cc1C. The predicted molar refractivity (Wildman–Crippen MR) is 94.3 cm³/mol. The van der Waals surface area contributed by atoms with Gasteiger partial charge in [0, 0.05) is 28.3 Å². The van der Waals surface area contributed by atoms with E-state index >= 15 is 0 Å². The fraction of sp³-hybridized carbons (Fsp3) is 0.667. The van der Waals surface area contributed by atoms with E-state index in [1.54, 1.807) is 0 Å². The lowest BCUT2D eigenvalue weighted by Crippen LogP contribution is -2.28. The molecule has 0 saturated heterocycles. The summed E-state index contributed by atoms with van der Waals surface area (Å²) in [6, 6.07) is 6.77. The van der Waals surface area contributed by atoms with Gasteiger partial charge in [0.1, 0.15) is 0 Å².